The highest BCUT2D eigenvalue weighted by Crippen LogP contribution is 2.33. The molecule has 0 fully saturated rings. The number of amides is 1. The number of aromatic nitrogens is 6. The second-order valence-electron chi connectivity index (χ2n) is 8.52. The third kappa shape index (κ3) is 5.14. The number of carbonyl (C=O) groups excluding carboxylic acids is 1. The van der Waals surface area contributed by atoms with E-state index in [1.807, 2.05) is 39.0 Å². The van der Waals surface area contributed by atoms with Crippen molar-refractivity contribution in [1.29, 1.82) is 0 Å². The molecule has 0 radical (unpaired) electrons. The van der Waals surface area contributed by atoms with Gasteiger partial charge in [0.05, 0.1) is 17.1 Å². The van der Waals surface area contributed by atoms with Crippen LogP contribution in [0.15, 0.2) is 60.1 Å². The lowest BCUT2D eigenvalue weighted by Crippen LogP contribution is -2.25. The van der Waals surface area contributed by atoms with E-state index in [1.165, 1.54) is 22.9 Å². The molecule has 0 aliphatic rings. The Morgan fingerprint density at radius 2 is 1.74 bits per heavy atom. The molecule has 0 spiro atoms. The Bertz CT molecular complexity index is 1270. The van der Waals surface area contributed by atoms with Gasteiger partial charge in [-0.25, -0.2) is 4.68 Å². The maximum atomic E-state index is 13.1. The molecule has 4 rings (SSSR count). The van der Waals surface area contributed by atoms with Crippen LogP contribution in [-0.2, 0) is 17.6 Å². The normalized spacial score (nSPS) is 12.2. The summed E-state index contributed by atoms with van der Waals surface area (Å²) in [6.45, 7) is 10.2. The highest BCUT2D eigenvalue weighted by Gasteiger charge is 2.25. The molecule has 1 unspecified atom stereocenters. The number of carbonyl (C=O) groups is 1. The number of aryl methyl sites for hydroxylation is 2. The standard InChI is InChI=1S/C26H31N7OS/c1-6-19-10-8-11-20(7-2)23(19)32-24(21-12-9-14-27-16-21)30-31-26(32)35-18(5)25(34)29-22-13-15-28-33(22)17(3)4/h8-18H,6-7H2,1-5H3,(H,29,34). The Morgan fingerprint density at radius 3 is 2.37 bits per heavy atom. The van der Waals surface area contributed by atoms with Gasteiger partial charge in [-0.1, -0.05) is 43.8 Å². The molecule has 0 bridgehead atoms. The number of nitrogens with one attached hydrogen (secondary N) is 1. The van der Waals surface area contributed by atoms with E-state index in [2.05, 4.69) is 62.2 Å². The predicted molar refractivity (Wildman–Crippen MR) is 140 cm³/mol. The highest BCUT2D eigenvalue weighted by atomic mass is 32.2. The van der Waals surface area contributed by atoms with Crippen molar-refractivity contribution >= 4 is 23.5 Å². The van der Waals surface area contributed by atoms with Crippen LogP contribution in [-0.4, -0.2) is 40.7 Å². The summed E-state index contributed by atoms with van der Waals surface area (Å²) >= 11 is 1.39. The maximum Gasteiger partial charge on any atom is 0.238 e. The Labute approximate surface area is 210 Å². The number of hydrogen-bond donors (Lipinski definition) is 1. The molecular weight excluding hydrogens is 458 g/mol. The van der Waals surface area contributed by atoms with E-state index in [0.717, 1.165) is 24.1 Å². The van der Waals surface area contributed by atoms with E-state index in [1.54, 1.807) is 23.3 Å². The fraction of sp³-hybridized carbons (Fsp3) is 0.346. The first kappa shape index (κ1) is 24.7. The van der Waals surface area contributed by atoms with E-state index >= 15 is 0 Å². The fourth-order valence-electron chi connectivity index (χ4n) is 4.00. The summed E-state index contributed by atoms with van der Waals surface area (Å²) in [5, 5.41) is 16.7. The van der Waals surface area contributed by atoms with E-state index in [-0.39, 0.29) is 11.9 Å². The van der Waals surface area contributed by atoms with Crippen molar-refractivity contribution in [2.75, 3.05) is 5.32 Å². The van der Waals surface area contributed by atoms with Crippen LogP contribution in [0.25, 0.3) is 17.1 Å². The Balaban J connectivity index is 1.73. The molecule has 1 aromatic carbocycles. The number of pyridine rings is 1. The molecule has 1 amide bonds. The largest absolute Gasteiger partial charge is 0.310 e. The monoisotopic (exact) mass is 489 g/mol. The lowest BCUT2D eigenvalue weighted by atomic mass is 10.0. The van der Waals surface area contributed by atoms with Crippen LogP contribution >= 0.6 is 11.8 Å². The van der Waals surface area contributed by atoms with Crippen molar-refractivity contribution in [3.8, 4) is 17.1 Å². The van der Waals surface area contributed by atoms with Crippen LogP contribution in [0, 0.1) is 0 Å². The van der Waals surface area contributed by atoms with Crippen molar-refractivity contribution < 1.29 is 4.79 Å². The molecule has 1 N–H and O–H groups in total. The van der Waals surface area contributed by atoms with Crippen LogP contribution in [0.1, 0.15) is 51.8 Å². The van der Waals surface area contributed by atoms with Gasteiger partial charge >= 0.3 is 0 Å². The zero-order valence-electron chi connectivity index (χ0n) is 20.8. The number of benzene rings is 1. The molecule has 4 aromatic rings. The smallest absolute Gasteiger partial charge is 0.238 e. The number of hydrogen-bond acceptors (Lipinski definition) is 6. The molecule has 3 aromatic heterocycles. The Morgan fingerprint density at radius 1 is 1.00 bits per heavy atom. The van der Waals surface area contributed by atoms with Gasteiger partial charge in [-0.3, -0.25) is 14.3 Å². The summed E-state index contributed by atoms with van der Waals surface area (Å²) in [7, 11) is 0. The lowest BCUT2D eigenvalue weighted by molar-refractivity contribution is -0.115. The van der Waals surface area contributed by atoms with Crippen molar-refractivity contribution in [2.45, 2.75) is 63.9 Å². The van der Waals surface area contributed by atoms with Gasteiger partial charge in [0.1, 0.15) is 5.82 Å². The predicted octanol–water partition coefficient (Wildman–Crippen LogP) is 5.35. The maximum absolute atomic E-state index is 13.1. The molecule has 0 aliphatic carbocycles. The summed E-state index contributed by atoms with van der Waals surface area (Å²) in [6, 6.07) is 12.2. The molecule has 3 heterocycles. The first-order valence-corrected chi connectivity index (χ1v) is 12.8. The molecule has 0 saturated heterocycles. The third-order valence-corrected chi connectivity index (χ3v) is 6.85. The number of thioether (sulfide) groups is 1. The summed E-state index contributed by atoms with van der Waals surface area (Å²) in [5.41, 5.74) is 4.36. The first-order chi connectivity index (χ1) is 16.9. The Kier molecular flexibility index (Phi) is 7.65. The minimum atomic E-state index is -0.408. The summed E-state index contributed by atoms with van der Waals surface area (Å²) in [5.74, 6) is 1.27. The van der Waals surface area contributed by atoms with Gasteiger partial charge in [-0.2, -0.15) is 5.10 Å². The molecule has 8 nitrogen and oxygen atoms in total. The summed E-state index contributed by atoms with van der Waals surface area (Å²) in [4.78, 5) is 17.4. The van der Waals surface area contributed by atoms with E-state index in [9.17, 15) is 4.79 Å². The van der Waals surface area contributed by atoms with E-state index in [4.69, 9.17) is 0 Å². The Hall–Kier alpha value is -3.46. The minimum absolute atomic E-state index is 0.116. The summed E-state index contributed by atoms with van der Waals surface area (Å²) < 4.78 is 3.88. The number of anilines is 1. The van der Waals surface area contributed by atoms with E-state index < -0.39 is 5.25 Å². The van der Waals surface area contributed by atoms with Crippen molar-refractivity contribution in [3.05, 3.63) is 66.1 Å². The third-order valence-electron chi connectivity index (χ3n) is 5.80. The SMILES string of the molecule is CCc1cccc(CC)c1-n1c(SC(C)C(=O)Nc2ccnn2C(C)C)nnc1-c1cccnc1. The number of nitrogens with zero attached hydrogens (tertiary/aromatic N) is 6. The van der Waals surface area contributed by atoms with Gasteiger partial charge in [-0.15, -0.1) is 10.2 Å². The molecule has 9 heteroatoms. The number of para-hydroxylation sites is 1. The van der Waals surface area contributed by atoms with Gasteiger partial charge in [-0.05, 0) is 56.9 Å². The second-order valence-corrected chi connectivity index (χ2v) is 9.83. The van der Waals surface area contributed by atoms with Gasteiger partial charge in [0.2, 0.25) is 5.91 Å². The molecular formula is C26H31N7OS. The van der Waals surface area contributed by atoms with Crippen LogP contribution in [0.5, 0.6) is 0 Å². The van der Waals surface area contributed by atoms with Gasteiger partial charge in [0.25, 0.3) is 0 Å². The van der Waals surface area contributed by atoms with Gasteiger partial charge in [0.15, 0.2) is 11.0 Å². The lowest BCUT2D eigenvalue weighted by Gasteiger charge is -2.19. The quantitative estimate of drug-likeness (QED) is 0.319. The van der Waals surface area contributed by atoms with Gasteiger partial charge < -0.3 is 5.32 Å². The molecule has 182 valence electrons. The zero-order chi connectivity index (χ0) is 24.9. The van der Waals surface area contributed by atoms with Crippen LogP contribution < -0.4 is 5.32 Å². The van der Waals surface area contributed by atoms with Crippen LogP contribution in [0.4, 0.5) is 5.82 Å². The molecule has 1 atom stereocenters. The van der Waals surface area contributed by atoms with Crippen molar-refractivity contribution in [1.82, 2.24) is 29.5 Å². The molecule has 35 heavy (non-hydrogen) atoms. The highest BCUT2D eigenvalue weighted by molar-refractivity contribution is 8.00. The van der Waals surface area contributed by atoms with Crippen molar-refractivity contribution in [2.24, 2.45) is 0 Å². The topological polar surface area (TPSA) is 90.5 Å². The summed E-state index contributed by atoms with van der Waals surface area (Å²) in [6.07, 6.45) is 6.96. The van der Waals surface area contributed by atoms with Crippen LogP contribution in [0.2, 0.25) is 0 Å². The second kappa shape index (κ2) is 10.9. The molecule has 0 aliphatic heterocycles. The van der Waals surface area contributed by atoms with E-state index in [0.29, 0.717) is 16.8 Å². The van der Waals surface area contributed by atoms with Crippen molar-refractivity contribution in [3.63, 3.8) is 0 Å². The number of rotatable bonds is 9. The van der Waals surface area contributed by atoms with Crippen LogP contribution in [0.3, 0.4) is 0 Å². The zero-order valence-corrected chi connectivity index (χ0v) is 21.6. The molecule has 0 saturated carbocycles. The minimum Gasteiger partial charge on any atom is -0.310 e. The average Bonchev–Trinajstić information content (AvgIpc) is 3.51. The average molecular weight is 490 g/mol. The first-order valence-electron chi connectivity index (χ1n) is 11.9. The fourth-order valence-corrected chi connectivity index (χ4v) is 4.85. The van der Waals surface area contributed by atoms with Gasteiger partial charge in [0, 0.05) is 30.1 Å².